The number of amides is 1. The summed E-state index contributed by atoms with van der Waals surface area (Å²) in [7, 11) is 1.48. The summed E-state index contributed by atoms with van der Waals surface area (Å²) in [5.74, 6) is 0.159. The minimum atomic E-state index is -0.284. The highest BCUT2D eigenvalue weighted by Gasteiger charge is 2.11. The van der Waals surface area contributed by atoms with Crippen molar-refractivity contribution in [3.8, 4) is 11.8 Å². The number of methoxy groups -OCH3 is 1. The number of nitriles is 1. The molecule has 0 aliphatic rings. The van der Waals surface area contributed by atoms with Gasteiger partial charge in [0.25, 0.3) is 5.91 Å². The SMILES string of the molecule is COc1cc(C#N)ccc1NC(=O)c1cc(Br)c[nH]1. The quantitative estimate of drug-likeness (QED) is 0.913. The van der Waals surface area contributed by atoms with Crippen LogP contribution >= 0.6 is 15.9 Å². The average Bonchev–Trinajstić information content (AvgIpc) is 2.86. The van der Waals surface area contributed by atoms with E-state index >= 15 is 0 Å². The number of carbonyl (C=O) groups excluding carboxylic acids is 1. The molecule has 1 heterocycles. The summed E-state index contributed by atoms with van der Waals surface area (Å²) >= 11 is 3.26. The number of halogens is 1. The molecule has 0 bridgehead atoms. The molecule has 19 heavy (non-hydrogen) atoms. The summed E-state index contributed by atoms with van der Waals surface area (Å²) in [6, 6.07) is 8.50. The second-order valence-corrected chi connectivity index (χ2v) is 4.63. The van der Waals surface area contributed by atoms with Crippen LogP contribution in [0, 0.1) is 11.3 Å². The summed E-state index contributed by atoms with van der Waals surface area (Å²) in [6.07, 6.45) is 1.67. The van der Waals surface area contributed by atoms with Gasteiger partial charge in [-0.05, 0) is 34.1 Å². The molecule has 2 N–H and O–H groups in total. The fourth-order valence-corrected chi connectivity index (χ4v) is 1.90. The fourth-order valence-electron chi connectivity index (χ4n) is 1.55. The third-order valence-corrected chi connectivity index (χ3v) is 2.93. The Labute approximate surface area is 118 Å². The molecule has 5 nitrogen and oxygen atoms in total. The van der Waals surface area contributed by atoms with E-state index in [2.05, 4.69) is 26.2 Å². The van der Waals surface area contributed by atoms with Crippen LogP contribution in [0.3, 0.4) is 0 Å². The first-order chi connectivity index (χ1) is 9.13. The van der Waals surface area contributed by atoms with E-state index in [9.17, 15) is 4.79 Å². The lowest BCUT2D eigenvalue weighted by molar-refractivity contribution is 0.102. The van der Waals surface area contributed by atoms with Crippen LogP contribution in [-0.2, 0) is 0 Å². The van der Waals surface area contributed by atoms with E-state index in [1.165, 1.54) is 7.11 Å². The lowest BCUT2D eigenvalue weighted by Gasteiger charge is -2.09. The molecule has 0 saturated carbocycles. The molecule has 0 fully saturated rings. The molecule has 1 amide bonds. The molecule has 0 radical (unpaired) electrons. The van der Waals surface area contributed by atoms with Crippen LogP contribution in [0.15, 0.2) is 34.9 Å². The molecule has 2 aromatic rings. The lowest BCUT2D eigenvalue weighted by atomic mass is 10.2. The van der Waals surface area contributed by atoms with Crippen LogP contribution in [0.25, 0.3) is 0 Å². The Morgan fingerprint density at radius 3 is 2.84 bits per heavy atom. The zero-order chi connectivity index (χ0) is 13.8. The molecule has 0 aliphatic heterocycles. The number of benzene rings is 1. The third kappa shape index (κ3) is 2.95. The maximum atomic E-state index is 12.0. The number of carbonyl (C=O) groups is 1. The highest BCUT2D eigenvalue weighted by atomic mass is 79.9. The number of rotatable bonds is 3. The van der Waals surface area contributed by atoms with E-state index in [-0.39, 0.29) is 5.91 Å². The number of aromatic nitrogens is 1. The fraction of sp³-hybridized carbons (Fsp3) is 0.0769. The van der Waals surface area contributed by atoms with Gasteiger partial charge in [-0.15, -0.1) is 0 Å². The number of anilines is 1. The van der Waals surface area contributed by atoms with E-state index in [1.807, 2.05) is 6.07 Å². The summed E-state index contributed by atoms with van der Waals surface area (Å²) in [5.41, 5.74) is 1.41. The van der Waals surface area contributed by atoms with Gasteiger partial charge in [0.2, 0.25) is 0 Å². The second-order valence-electron chi connectivity index (χ2n) is 3.71. The van der Waals surface area contributed by atoms with Gasteiger partial charge in [-0.3, -0.25) is 4.79 Å². The van der Waals surface area contributed by atoms with Crippen LogP contribution in [0.2, 0.25) is 0 Å². The lowest BCUT2D eigenvalue weighted by Crippen LogP contribution is -2.13. The van der Waals surface area contributed by atoms with Crippen LogP contribution in [-0.4, -0.2) is 18.0 Å². The van der Waals surface area contributed by atoms with Gasteiger partial charge in [-0.25, -0.2) is 0 Å². The Bertz CT molecular complexity index is 658. The van der Waals surface area contributed by atoms with E-state index in [0.717, 1.165) is 4.47 Å². The first-order valence-corrected chi connectivity index (χ1v) is 6.16. The monoisotopic (exact) mass is 319 g/mol. The summed E-state index contributed by atoms with van der Waals surface area (Å²) in [6.45, 7) is 0. The zero-order valence-corrected chi connectivity index (χ0v) is 11.6. The van der Waals surface area contributed by atoms with E-state index < -0.39 is 0 Å². The van der Waals surface area contributed by atoms with Gasteiger partial charge < -0.3 is 15.0 Å². The molecular formula is C13H10BrN3O2. The first-order valence-electron chi connectivity index (χ1n) is 5.37. The van der Waals surface area contributed by atoms with E-state index in [4.69, 9.17) is 10.00 Å². The standard InChI is InChI=1S/C13H10BrN3O2/c1-19-12-4-8(6-15)2-3-10(12)17-13(18)11-5-9(14)7-16-11/h2-5,7,16H,1H3,(H,17,18). The normalized spacial score (nSPS) is 9.74. The Morgan fingerprint density at radius 1 is 1.47 bits per heavy atom. The Morgan fingerprint density at radius 2 is 2.26 bits per heavy atom. The molecule has 0 atom stereocenters. The molecule has 0 saturated heterocycles. The van der Waals surface area contributed by atoms with Gasteiger partial charge in [-0.1, -0.05) is 0 Å². The number of hydrogen-bond acceptors (Lipinski definition) is 3. The number of hydrogen-bond donors (Lipinski definition) is 2. The third-order valence-electron chi connectivity index (χ3n) is 2.47. The average molecular weight is 320 g/mol. The van der Waals surface area contributed by atoms with E-state index in [0.29, 0.717) is 22.7 Å². The molecule has 0 aliphatic carbocycles. The van der Waals surface area contributed by atoms with Crippen molar-refractivity contribution >= 4 is 27.5 Å². The van der Waals surface area contributed by atoms with Crippen molar-refractivity contribution in [2.45, 2.75) is 0 Å². The zero-order valence-electron chi connectivity index (χ0n) is 10.0. The first kappa shape index (κ1) is 13.2. The van der Waals surface area contributed by atoms with Crippen LogP contribution < -0.4 is 10.1 Å². The Kier molecular flexibility index (Phi) is 3.88. The molecule has 1 aromatic carbocycles. The van der Waals surface area contributed by atoms with Crippen molar-refractivity contribution in [3.63, 3.8) is 0 Å². The molecule has 6 heteroatoms. The highest BCUT2D eigenvalue weighted by molar-refractivity contribution is 9.10. The smallest absolute Gasteiger partial charge is 0.272 e. The van der Waals surface area contributed by atoms with Gasteiger partial charge in [0, 0.05) is 16.7 Å². The maximum absolute atomic E-state index is 12.0. The molecule has 1 aromatic heterocycles. The van der Waals surface area contributed by atoms with Gasteiger partial charge >= 0.3 is 0 Å². The molecular weight excluding hydrogens is 310 g/mol. The van der Waals surface area contributed by atoms with Crippen molar-refractivity contribution in [1.82, 2.24) is 4.98 Å². The van der Waals surface area contributed by atoms with Gasteiger partial charge in [0.1, 0.15) is 11.4 Å². The Hall–Kier alpha value is -2.26. The summed E-state index contributed by atoms with van der Waals surface area (Å²) < 4.78 is 5.94. The topological polar surface area (TPSA) is 77.9 Å². The molecule has 2 rings (SSSR count). The van der Waals surface area contributed by atoms with Crippen molar-refractivity contribution in [2.75, 3.05) is 12.4 Å². The van der Waals surface area contributed by atoms with Gasteiger partial charge in [-0.2, -0.15) is 5.26 Å². The van der Waals surface area contributed by atoms with Crippen molar-refractivity contribution in [1.29, 1.82) is 5.26 Å². The summed E-state index contributed by atoms with van der Waals surface area (Å²) in [5, 5.41) is 11.5. The van der Waals surface area contributed by atoms with Gasteiger partial charge in [0.05, 0.1) is 24.4 Å². The number of H-pyrrole nitrogens is 1. The molecule has 0 unspecified atom stereocenters. The predicted molar refractivity (Wildman–Crippen MR) is 74.2 cm³/mol. The van der Waals surface area contributed by atoms with Crippen LogP contribution in [0.4, 0.5) is 5.69 Å². The highest BCUT2D eigenvalue weighted by Crippen LogP contribution is 2.26. The Balaban J connectivity index is 2.24. The number of nitrogens with one attached hydrogen (secondary N) is 2. The minimum absolute atomic E-state index is 0.284. The largest absolute Gasteiger partial charge is 0.495 e. The van der Waals surface area contributed by atoms with Crippen LogP contribution in [0.1, 0.15) is 16.1 Å². The number of aromatic amines is 1. The maximum Gasteiger partial charge on any atom is 0.272 e. The van der Waals surface area contributed by atoms with Crippen LogP contribution in [0.5, 0.6) is 5.75 Å². The second kappa shape index (κ2) is 5.59. The minimum Gasteiger partial charge on any atom is -0.495 e. The van der Waals surface area contributed by atoms with Crippen molar-refractivity contribution in [2.24, 2.45) is 0 Å². The van der Waals surface area contributed by atoms with Crippen molar-refractivity contribution in [3.05, 3.63) is 46.2 Å². The predicted octanol–water partition coefficient (Wildman–Crippen LogP) is 2.91. The summed E-state index contributed by atoms with van der Waals surface area (Å²) in [4.78, 5) is 14.8. The molecule has 0 spiro atoms. The number of nitrogens with zero attached hydrogens (tertiary/aromatic N) is 1. The van der Waals surface area contributed by atoms with E-state index in [1.54, 1.807) is 30.5 Å². The molecule has 96 valence electrons. The number of ether oxygens (including phenoxy) is 1. The van der Waals surface area contributed by atoms with Gasteiger partial charge in [0.15, 0.2) is 0 Å². The van der Waals surface area contributed by atoms with Crippen molar-refractivity contribution < 1.29 is 9.53 Å².